The lowest BCUT2D eigenvalue weighted by Crippen LogP contribution is -2.31. The molecular formula is C13H12N2O4. The van der Waals surface area contributed by atoms with Crippen LogP contribution in [-0.4, -0.2) is 37.0 Å². The Kier molecular flexibility index (Phi) is 3.08. The minimum Gasteiger partial charge on any atom is -0.478 e. The quantitative estimate of drug-likeness (QED) is 0.816. The summed E-state index contributed by atoms with van der Waals surface area (Å²) in [5.41, 5.74) is 0.883. The Bertz CT molecular complexity index is 587. The fourth-order valence-electron chi connectivity index (χ4n) is 1.85. The van der Waals surface area contributed by atoms with E-state index in [1.54, 1.807) is 25.1 Å². The van der Waals surface area contributed by atoms with Crippen LogP contribution in [0.2, 0.25) is 0 Å². The van der Waals surface area contributed by atoms with Gasteiger partial charge in [0.2, 0.25) is 0 Å². The number of amides is 2. The van der Waals surface area contributed by atoms with Gasteiger partial charge in [-0.2, -0.15) is 0 Å². The molecule has 6 nitrogen and oxygen atoms in total. The molecule has 1 N–H and O–H groups in total. The highest BCUT2D eigenvalue weighted by atomic mass is 16.4. The molecule has 1 aromatic rings. The first-order valence-corrected chi connectivity index (χ1v) is 5.52. The largest absolute Gasteiger partial charge is 0.478 e. The number of carboxylic acid groups (broad SMARTS) is 1. The Labute approximate surface area is 109 Å². The zero-order chi connectivity index (χ0) is 14.2. The van der Waals surface area contributed by atoms with Crippen molar-refractivity contribution >= 4 is 29.2 Å². The van der Waals surface area contributed by atoms with Gasteiger partial charge in [-0.25, -0.2) is 9.69 Å². The molecule has 0 saturated carbocycles. The van der Waals surface area contributed by atoms with Crippen molar-refractivity contribution in [3.05, 3.63) is 35.9 Å². The van der Waals surface area contributed by atoms with Crippen LogP contribution in [-0.2, 0) is 9.59 Å². The summed E-state index contributed by atoms with van der Waals surface area (Å²) < 4.78 is 0. The Hall–Kier alpha value is -2.63. The van der Waals surface area contributed by atoms with Gasteiger partial charge in [-0.15, -0.1) is 0 Å². The third-order valence-corrected chi connectivity index (χ3v) is 2.75. The van der Waals surface area contributed by atoms with Crippen molar-refractivity contribution < 1.29 is 19.5 Å². The van der Waals surface area contributed by atoms with E-state index in [0.717, 1.165) is 17.1 Å². The van der Waals surface area contributed by atoms with Gasteiger partial charge in [0.1, 0.15) is 0 Å². The number of hydrogen-bond donors (Lipinski definition) is 1. The minimum atomic E-state index is -1.11. The highest BCUT2D eigenvalue weighted by Crippen LogP contribution is 2.31. The van der Waals surface area contributed by atoms with E-state index >= 15 is 0 Å². The van der Waals surface area contributed by atoms with Gasteiger partial charge in [-0.05, 0) is 18.2 Å². The number of anilines is 2. The van der Waals surface area contributed by atoms with Gasteiger partial charge < -0.3 is 10.0 Å². The summed E-state index contributed by atoms with van der Waals surface area (Å²) in [6, 6.07) is 4.32. The van der Waals surface area contributed by atoms with E-state index < -0.39 is 17.8 Å². The predicted molar refractivity (Wildman–Crippen MR) is 69.4 cm³/mol. The molecule has 1 heterocycles. The molecule has 2 amide bonds. The summed E-state index contributed by atoms with van der Waals surface area (Å²) in [5, 5.41) is 9.00. The monoisotopic (exact) mass is 260 g/mol. The SMILES string of the molecule is CN(C)c1ccc(C(=O)O)cc1N1C(=O)C=CC1=O. The summed E-state index contributed by atoms with van der Waals surface area (Å²) in [5.74, 6) is -2.06. The van der Waals surface area contributed by atoms with Crippen molar-refractivity contribution in [2.75, 3.05) is 23.9 Å². The molecule has 0 aromatic heterocycles. The molecule has 2 rings (SSSR count). The molecular weight excluding hydrogens is 248 g/mol. The second kappa shape index (κ2) is 4.56. The average molecular weight is 260 g/mol. The second-order valence-corrected chi connectivity index (χ2v) is 4.25. The molecule has 0 atom stereocenters. The molecule has 0 aliphatic carbocycles. The highest BCUT2D eigenvalue weighted by molar-refractivity contribution is 6.29. The van der Waals surface area contributed by atoms with Crippen LogP contribution in [0.4, 0.5) is 11.4 Å². The number of carbonyl (C=O) groups is 3. The Morgan fingerprint density at radius 1 is 1.16 bits per heavy atom. The maximum Gasteiger partial charge on any atom is 0.335 e. The molecule has 1 aliphatic rings. The lowest BCUT2D eigenvalue weighted by Gasteiger charge is -2.23. The Morgan fingerprint density at radius 2 is 1.74 bits per heavy atom. The third kappa shape index (κ3) is 2.20. The Balaban J connectivity index is 2.58. The lowest BCUT2D eigenvalue weighted by molar-refractivity contribution is -0.119. The summed E-state index contributed by atoms with van der Waals surface area (Å²) in [6.07, 6.45) is 2.32. The number of hydrogen-bond acceptors (Lipinski definition) is 4. The van der Waals surface area contributed by atoms with Gasteiger partial charge in [0, 0.05) is 26.2 Å². The fourth-order valence-corrected chi connectivity index (χ4v) is 1.85. The van der Waals surface area contributed by atoms with Crippen molar-refractivity contribution in [3.63, 3.8) is 0 Å². The minimum absolute atomic E-state index is 0.0214. The number of carbonyl (C=O) groups excluding carboxylic acids is 2. The van der Waals surface area contributed by atoms with Crippen molar-refractivity contribution in [2.24, 2.45) is 0 Å². The van der Waals surface area contributed by atoms with Crippen molar-refractivity contribution in [1.29, 1.82) is 0 Å². The van der Waals surface area contributed by atoms with Crippen LogP contribution < -0.4 is 9.80 Å². The second-order valence-electron chi connectivity index (χ2n) is 4.25. The molecule has 0 bridgehead atoms. The van der Waals surface area contributed by atoms with Gasteiger partial charge in [-0.3, -0.25) is 9.59 Å². The highest BCUT2D eigenvalue weighted by Gasteiger charge is 2.28. The van der Waals surface area contributed by atoms with Crippen molar-refractivity contribution in [1.82, 2.24) is 0 Å². The van der Waals surface area contributed by atoms with Crippen LogP contribution in [0.3, 0.4) is 0 Å². The maximum absolute atomic E-state index is 11.7. The first-order valence-electron chi connectivity index (χ1n) is 5.52. The van der Waals surface area contributed by atoms with Crippen LogP contribution >= 0.6 is 0 Å². The molecule has 0 fully saturated rings. The predicted octanol–water partition coefficient (Wildman–Crippen LogP) is 0.880. The Morgan fingerprint density at radius 3 is 2.21 bits per heavy atom. The van der Waals surface area contributed by atoms with E-state index in [9.17, 15) is 14.4 Å². The van der Waals surface area contributed by atoms with E-state index in [-0.39, 0.29) is 11.3 Å². The molecule has 0 radical (unpaired) electrons. The molecule has 0 saturated heterocycles. The van der Waals surface area contributed by atoms with Gasteiger partial charge >= 0.3 is 5.97 Å². The number of benzene rings is 1. The zero-order valence-electron chi connectivity index (χ0n) is 10.5. The van der Waals surface area contributed by atoms with E-state index in [2.05, 4.69) is 0 Å². The van der Waals surface area contributed by atoms with Crippen molar-refractivity contribution in [3.8, 4) is 0 Å². The van der Waals surface area contributed by atoms with E-state index in [1.165, 1.54) is 12.1 Å². The van der Waals surface area contributed by atoms with Gasteiger partial charge in [-0.1, -0.05) is 0 Å². The first kappa shape index (κ1) is 12.8. The molecule has 1 aliphatic heterocycles. The molecule has 6 heteroatoms. The van der Waals surface area contributed by atoms with Crippen LogP contribution in [0.1, 0.15) is 10.4 Å². The fraction of sp³-hybridized carbons (Fsp3) is 0.154. The van der Waals surface area contributed by atoms with Gasteiger partial charge in [0.15, 0.2) is 0 Å². The number of imide groups is 1. The number of nitrogens with zero attached hydrogens (tertiary/aromatic N) is 2. The molecule has 0 spiro atoms. The first-order chi connectivity index (χ1) is 8.91. The van der Waals surface area contributed by atoms with Gasteiger partial charge in [0.25, 0.3) is 11.8 Å². The van der Waals surface area contributed by atoms with E-state index in [1.807, 2.05) is 0 Å². The van der Waals surface area contributed by atoms with Crippen LogP contribution in [0.25, 0.3) is 0 Å². The maximum atomic E-state index is 11.7. The lowest BCUT2D eigenvalue weighted by atomic mass is 10.1. The molecule has 1 aromatic carbocycles. The number of rotatable bonds is 3. The summed E-state index contributed by atoms with van der Waals surface area (Å²) >= 11 is 0. The number of carboxylic acids is 1. The zero-order valence-corrected chi connectivity index (χ0v) is 10.5. The summed E-state index contributed by atoms with van der Waals surface area (Å²) in [4.78, 5) is 37.0. The topological polar surface area (TPSA) is 77.9 Å². The van der Waals surface area contributed by atoms with E-state index in [4.69, 9.17) is 5.11 Å². The smallest absolute Gasteiger partial charge is 0.335 e. The van der Waals surface area contributed by atoms with E-state index in [0.29, 0.717) is 5.69 Å². The summed E-state index contributed by atoms with van der Waals surface area (Å²) in [7, 11) is 3.50. The summed E-state index contributed by atoms with van der Waals surface area (Å²) in [6.45, 7) is 0. The van der Waals surface area contributed by atoms with Crippen LogP contribution in [0, 0.1) is 0 Å². The normalized spacial score (nSPS) is 14.1. The average Bonchev–Trinajstić information content (AvgIpc) is 2.68. The van der Waals surface area contributed by atoms with Gasteiger partial charge in [0.05, 0.1) is 16.9 Å². The standard InChI is InChI=1S/C13H12N2O4/c1-14(2)9-4-3-8(13(18)19)7-10(9)15-11(16)5-6-12(15)17/h3-7H,1-2H3,(H,18,19). The molecule has 19 heavy (non-hydrogen) atoms. The van der Waals surface area contributed by atoms with Crippen LogP contribution in [0.5, 0.6) is 0 Å². The van der Waals surface area contributed by atoms with Crippen LogP contribution in [0.15, 0.2) is 30.4 Å². The van der Waals surface area contributed by atoms with Crippen molar-refractivity contribution in [2.45, 2.75) is 0 Å². The molecule has 98 valence electrons. The third-order valence-electron chi connectivity index (χ3n) is 2.75. The molecule has 0 unspecified atom stereocenters. The number of aromatic carboxylic acids is 1.